The number of nitrogens with one attached hydrogen (secondary N) is 1. The Morgan fingerprint density at radius 1 is 0.878 bits per heavy atom. The predicted octanol–water partition coefficient (Wildman–Crippen LogP) is 6.43. The van der Waals surface area contributed by atoms with Crippen LogP contribution in [0.3, 0.4) is 0 Å². The van der Waals surface area contributed by atoms with E-state index in [1.807, 2.05) is 41.7 Å². The van der Waals surface area contributed by atoms with Gasteiger partial charge < -0.3 is 19.5 Å². The lowest BCUT2D eigenvalue weighted by Gasteiger charge is -2.28. The second-order valence-electron chi connectivity index (χ2n) is 13.7. The minimum Gasteiger partial charge on any atom is -0.467 e. The van der Waals surface area contributed by atoms with Crippen LogP contribution in [-0.2, 0) is 29.1 Å². The molecule has 0 spiro atoms. The summed E-state index contributed by atoms with van der Waals surface area (Å²) >= 11 is 0. The summed E-state index contributed by atoms with van der Waals surface area (Å²) in [6.07, 6.45) is 3.84. The van der Waals surface area contributed by atoms with Crippen molar-refractivity contribution in [1.29, 1.82) is 0 Å². The van der Waals surface area contributed by atoms with Gasteiger partial charge in [-0.25, -0.2) is 14.6 Å². The first-order chi connectivity index (χ1) is 23.1. The maximum Gasteiger partial charge on any atom is 0.425 e. The highest BCUT2D eigenvalue weighted by atomic mass is 16.6. The van der Waals surface area contributed by atoms with Gasteiger partial charge >= 0.3 is 18.2 Å². The molecule has 0 aliphatic rings. The molecule has 0 unspecified atom stereocenters. The number of methoxy groups -OCH3 is 1. The Kier molecular flexibility index (Phi) is 9.88. The number of pyridine rings is 1. The Morgan fingerprint density at radius 3 is 2.02 bits per heavy atom. The Balaban J connectivity index is 1.37. The van der Waals surface area contributed by atoms with E-state index in [9.17, 15) is 9.59 Å². The van der Waals surface area contributed by atoms with Gasteiger partial charge in [-0.05, 0) is 89.8 Å². The molecule has 1 N–H and O–H groups in total. The van der Waals surface area contributed by atoms with Crippen molar-refractivity contribution in [2.24, 2.45) is 0 Å². The second kappa shape index (κ2) is 13.9. The topological polar surface area (TPSA) is 151 Å². The first-order valence-corrected chi connectivity index (χ1v) is 15.9. The largest absolute Gasteiger partial charge is 0.467 e. The van der Waals surface area contributed by atoms with E-state index < -0.39 is 23.4 Å². The number of ether oxygens (including phenoxy) is 3. The minimum atomic E-state index is -0.878. The number of benzene rings is 1. The van der Waals surface area contributed by atoms with Gasteiger partial charge in [0.05, 0.1) is 25.6 Å². The molecule has 4 heterocycles. The number of anilines is 2. The smallest absolute Gasteiger partial charge is 0.425 e. The van der Waals surface area contributed by atoms with E-state index in [0.29, 0.717) is 36.8 Å². The zero-order valence-electron chi connectivity index (χ0n) is 29.4. The predicted molar refractivity (Wildman–Crippen MR) is 185 cm³/mol. The van der Waals surface area contributed by atoms with Crippen molar-refractivity contribution in [2.75, 3.05) is 17.3 Å². The van der Waals surface area contributed by atoms with Gasteiger partial charge in [0, 0.05) is 30.8 Å². The highest BCUT2D eigenvalue weighted by Crippen LogP contribution is 2.27. The van der Waals surface area contributed by atoms with E-state index in [-0.39, 0.29) is 11.8 Å². The molecule has 5 aromatic rings. The molecular formula is C35H43N9O5. The number of aryl methyl sites for hydroxylation is 2. The molecule has 14 nitrogen and oxygen atoms in total. The van der Waals surface area contributed by atoms with Crippen LogP contribution < -0.4 is 15.0 Å². The minimum absolute atomic E-state index is 0.101. The molecule has 0 aliphatic carbocycles. The number of amides is 2. The lowest BCUT2D eigenvalue weighted by atomic mass is 10.1. The molecule has 14 heteroatoms. The molecule has 258 valence electrons. The van der Waals surface area contributed by atoms with Gasteiger partial charge in [-0.3, -0.25) is 9.36 Å². The molecule has 0 saturated heterocycles. The van der Waals surface area contributed by atoms with Crippen molar-refractivity contribution >= 4 is 34.9 Å². The van der Waals surface area contributed by atoms with Gasteiger partial charge in [-0.15, -0.1) is 0 Å². The third-order valence-electron chi connectivity index (χ3n) is 7.21. The van der Waals surface area contributed by atoms with Gasteiger partial charge in [0.15, 0.2) is 5.65 Å². The van der Waals surface area contributed by atoms with Crippen LogP contribution in [-0.4, -0.2) is 65.0 Å². The Hall–Kier alpha value is -5.53. The lowest BCUT2D eigenvalue weighted by molar-refractivity contribution is 0.0429. The number of carbonyl (C=O) groups is 2. The maximum absolute atomic E-state index is 13.2. The Labute approximate surface area is 285 Å². The third kappa shape index (κ3) is 8.89. The van der Waals surface area contributed by atoms with Crippen LogP contribution in [0.15, 0.2) is 55.0 Å². The highest BCUT2D eigenvalue weighted by molar-refractivity contribution is 6.08. The molecule has 4 aromatic heterocycles. The van der Waals surface area contributed by atoms with Crippen LogP contribution in [0.25, 0.3) is 11.0 Å². The summed E-state index contributed by atoms with van der Waals surface area (Å²) in [5.74, 6) is 0.638. The first-order valence-electron chi connectivity index (χ1n) is 15.9. The van der Waals surface area contributed by atoms with Crippen LogP contribution in [0.5, 0.6) is 6.01 Å². The van der Waals surface area contributed by atoms with E-state index in [0.717, 1.165) is 32.5 Å². The number of carbonyl (C=O) groups excluding carboxylic acids is 2. The molecule has 0 aliphatic heterocycles. The number of nitrogens with zero attached hydrogens (tertiary/aromatic N) is 8. The molecular weight excluding hydrogens is 626 g/mol. The van der Waals surface area contributed by atoms with Crippen LogP contribution in [0.2, 0.25) is 0 Å². The molecule has 0 fully saturated rings. The van der Waals surface area contributed by atoms with Gasteiger partial charge in [-0.1, -0.05) is 24.3 Å². The number of rotatable bonds is 9. The monoisotopic (exact) mass is 669 g/mol. The van der Waals surface area contributed by atoms with E-state index >= 15 is 0 Å². The fourth-order valence-electron chi connectivity index (χ4n) is 5.03. The normalized spacial score (nSPS) is 11.8. The van der Waals surface area contributed by atoms with Gasteiger partial charge in [0.25, 0.3) is 0 Å². The standard InChI is InChI=1S/C35H43N9O5/c1-22-17-28(44(32(45)48-34(3,4)5)33(46)49-35(6,7)8)38-23(2)26(22)18-36-29-27-21-43(41-30(27)40-31(39-29)47-9)20-25-13-11-24(12-14-25)19-42-16-10-15-37-42/h10-17,21H,18-20H2,1-9H3,(H,36,39,40,41). The number of aromatic nitrogens is 7. The average molecular weight is 670 g/mol. The average Bonchev–Trinajstić information content (AvgIpc) is 3.65. The molecule has 2 amide bonds. The van der Waals surface area contributed by atoms with Crippen molar-refractivity contribution in [1.82, 2.24) is 34.5 Å². The van der Waals surface area contributed by atoms with E-state index in [2.05, 4.69) is 49.6 Å². The number of hydrogen-bond acceptors (Lipinski definition) is 11. The summed E-state index contributed by atoms with van der Waals surface area (Å²) in [7, 11) is 1.50. The summed E-state index contributed by atoms with van der Waals surface area (Å²) in [5.41, 5.74) is 3.27. The fraction of sp³-hybridized carbons (Fsp3) is 0.400. The van der Waals surface area contributed by atoms with Crippen molar-refractivity contribution in [3.05, 3.63) is 82.9 Å². The molecule has 0 radical (unpaired) electrons. The van der Waals surface area contributed by atoms with Gasteiger partial charge in [0.1, 0.15) is 22.8 Å². The third-order valence-corrected chi connectivity index (χ3v) is 7.21. The van der Waals surface area contributed by atoms with Crippen LogP contribution in [0.1, 0.15) is 69.5 Å². The highest BCUT2D eigenvalue weighted by Gasteiger charge is 2.34. The summed E-state index contributed by atoms with van der Waals surface area (Å²) in [6.45, 7) is 15.6. The summed E-state index contributed by atoms with van der Waals surface area (Å²) in [4.78, 5) is 40.9. The van der Waals surface area contributed by atoms with Crippen molar-refractivity contribution < 1.29 is 23.8 Å². The summed E-state index contributed by atoms with van der Waals surface area (Å²) in [6, 6.07) is 12.1. The van der Waals surface area contributed by atoms with Crippen LogP contribution in [0.4, 0.5) is 21.2 Å². The molecule has 0 bridgehead atoms. The number of fused-ring (bicyclic) bond motifs is 1. The maximum atomic E-state index is 13.2. The van der Waals surface area contributed by atoms with Gasteiger partial charge in [0.2, 0.25) is 0 Å². The van der Waals surface area contributed by atoms with E-state index in [1.54, 1.807) is 53.8 Å². The second-order valence-corrected chi connectivity index (χ2v) is 13.7. The van der Waals surface area contributed by atoms with Crippen molar-refractivity contribution in [3.63, 3.8) is 0 Å². The summed E-state index contributed by atoms with van der Waals surface area (Å²) < 4.78 is 20.1. The van der Waals surface area contributed by atoms with E-state index in [4.69, 9.17) is 19.3 Å². The molecule has 1 aromatic carbocycles. The van der Waals surface area contributed by atoms with Crippen molar-refractivity contribution in [2.45, 2.75) is 86.2 Å². The van der Waals surface area contributed by atoms with Crippen LogP contribution in [0, 0.1) is 13.8 Å². The Morgan fingerprint density at radius 2 is 1.49 bits per heavy atom. The number of imide groups is 1. The zero-order chi connectivity index (χ0) is 35.5. The quantitative estimate of drug-likeness (QED) is 0.185. The van der Waals surface area contributed by atoms with Gasteiger partial charge in [-0.2, -0.15) is 25.1 Å². The SMILES string of the molecule is COc1nc(NCc2c(C)cc(N(C(=O)OC(C)(C)C)C(=O)OC(C)(C)C)nc2C)c2cn(Cc3ccc(Cn4cccn4)cc3)nc2n1. The molecule has 0 atom stereocenters. The molecule has 5 rings (SSSR count). The summed E-state index contributed by atoms with van der Waals surface area (Å²) in [5, 5.41) is 13.1. The van der Waals surface area contributed by atoms with Crippen LogP contribution >= 0.6 is 0 Å². The zero-order valence-corrected chi connectivity index (χ0v) is 29.4. The Bertz CT molecular complexity index is 1890. The van der Waals surface area contributed by atoms with Crippen molar-refractivity contribution in [3.8, 4) is 6.01 Å². The first kappa shape index (κ1) is 34.8. The molecule has 49 heavy (non-hydrogen) atoms. The fourth-order valence-corrected chi connectivity index (χ4v) is 5.03. The lowest BCUT2D eigenvalue weighted by Crippen LogP contribution is -2.44. The number of hydrogen-bond donors (Lipinski definition) is 1. The van der Waals surface area contributed by atoms with E-state index in [1.165, 1.54) is 7.11 Å². The molecule has 0 saturated carbocycles.